The molecule has 0 aliphatic carbocycles. The Morgan fingerprint density at radius 1 is 1.06 bits per heavy atom. The first kappa shape index (κ1) is 23.7. The highest BCUT2D eigenvalue weighted by Gasteiger charge is 2.16. The molecule has 8 nitrogen and oxygen atoms in total. The fraction of sp³-hybridized carbons (Fsp3) is 0.115. The Balaban J connectivity index is 1.44. The highest BCUT2D eigenvalue weighted by molar-refractivity contribution is 6.30. The first-order chi connectivity index (χ1) is 17.0. The minimum absolute atomic E-state index is 0.0984. The van der Waals surface area contributed by atoms with Crippen molar-refractivity contribution < 1.29 is 28.5 Å². The number of carbonyl (C=O) groups is 2. The molecule has 9 heteroatoms. The maximum atomic E-state index is 12.6. The summed E-state index contributed by atoms with van der Waals surface area (Å²) in [5.74, 6) is 0.589. The van der Waals surface area contributed by atoms with Crippen molar-refractivity contribution in [2.24, 2.45) is 0 Å². The Morgan fingerprint density at radius 3 is 2.57 bits per heavy atom. The summed E-state index contributed by atoms with van der Waals surface area (Å²) in [5, 5.41) is 12.7. The normalized spacial score (nSPS) is 12.0. The van der Waals surface area contributed by atoms with E-state index >= 15 is 0 Å². The van der Waals surface area contributed by atoms with Crippen LogP contribution in [0.2, 0.25) is 5.02 Å². The lowest BCUT2D eigenvalue weighted by molar-refractivity contribution is -0.117. The third-order valence-electron chi connectivity index (χ3n) is 5.04. The van der Waals surface area contributed by atoms with Gasteiger partial charge in [-0.2, -0.15) is 5.26 Å². The van der Waals surface area contributed by atoms with Gasteiger partial charge < -0.3 is 24.3 Å². The van der Waals surface area contributed by atoms with E-state index in [-0.39, 0.29) is 30.4 Å². The van der Waals surface area contributed by atoms with Crippen LogP contribution in [0.15, 0.2) is 66.2 Å². The van der Waals surface area contributed by atoms with E-state index in [1.54, 1.807) is 54.6 Å². The van der Waals surface area contributed by atoms with Crippen LogP contribution in [0.1, 0.15) is 21.5 Å². The number of benzene rings is 3. The first-order valence-corrected chi connectivity index (χ1v) is 10.8. The van der Waals surface area contributed by atoms with Crippen LogP contribution < -0.4 is 24.3 Å². The van der Waals surface area contributed by atoms with Crippen LogP contribution in [0.4, 0.5) is 0 Å². The van der Waals surface area contributed by atoms with Crippen molar-refractivity contribution in [2.75, 3.05) is 13.9 Å². The summed E-state index contributed by atoms with van der Waals surface area (Å²) < 4.78 is 21.4. The van der Waals surface area contributed by atoms with Gasteiger partial charge in [0, 0.05) is 11.6 Å². The fourth-order valence-electron chi connectivity index (χ4n) is 3.25. The van der Waals surface area contributed by atoms with Gasteiger partial charge in [0.1, 0.15) is 11.6 Å². The second kappa shape index (κ2) is 10.6. The predicted octanol–water partition coefficient (Wildman–Crippen LogP) is 4.52. The average Bonchev–Trinajstić information content (AvgIpc) is 3.35. The van der Waals surface area contributed by atoms with Crippen LogP contribution in [0.5, 0.6) is 23.0 Å². The summed E-state index contributed by atoms with van der Waals surface area (Å²) >= 11 is 5.85. The molecule has 0 unspecified atom stereocenters. The van der Waals surface area contributed by atoms with Crippen molar-refractivity contribution in [1.29, 1.82) is 5.26 Å². The lowest BCUT2D eigenvalue weighted by Crippen LogP contribution is -2.23. The number of hydrogen-bond donors (Lipinski definition) is 1. The molecular formula is C26H19ClN2O6. The molecule has 1 N–H and O–H groups in total. The number of fused-ring (bicyclic) bond motifs is 1. The quantitative estimate of drug-likeness (QED) is 0.224. The molecule has 0 fully saturated rings. The number of hydrogen-bond acceptors (Lipinski definition) is 7. The molecule has 0 saturated carbocycles. The van der Waals surface area contributed by atoms with E-state index in [9.17, 15) is 14.9 Å². The Kier molecular flexibility index (Phi) is 7.19. The van der Waals surface area contributed by atoms with Gasteiger partial charge in [-0.3, -0.25) is 4.79 Å². The molecule has 1 aliphatic rings. The van der Waals surface area contributed by atoms with Crippen LogP contribution in [0.25, 0.3) is 6.08 Å². The minimum Gasteiger partial charge on any atom is -0.493 e. The van der Waals surface area contributed by atoms with Gasteiger partial charge in [-0.25, -0.2) is 4.79 Å². The van der Waals surface area contributed by atoms with Crippen LogP contribution in [0, 0.1) is 11.3 Å². The van der Waals surface area contributed by atoms with Gasteiger partial charge >= 0.3 is 5.97 Å². The van der Waals surface area contributed by atoms with Gasteiger partial charge in [-0.05, 0) is 65.7 Å². The van der Waals surface area contributed by atoms with E-state index < -0.39 is 11.9 Å². The number of nitrogens with one attached hydrogen (secondary N) is 1. The zero-order valence-corrected chi connectivity index (χ0v) is 19.3. The number of ether oxygens (including phenoxy) is 4. The lowest BCUT2D eigenvalue weighted by Gasteiger charge is -2.10. The molecule has 0 aromatic heterocycles. The summed E-state index contributed by atoms with van der Waals surface area (Å²) in [6, 6.07) is 18.2. The zero-order valence-electron chi connectivity index (χ0n) is 18.5. The highest BCUT2D eigenvalue weighted by atomic mass is 35.5. The molecule has 4 rings (SSSR count). The second-order valence-corrected chi connectivity index (χ2v) is 7.78. The number of halogens is 1. The number of nitriles is 1. The van der Waals surface area contributed by atoms with E-state index in [1.165, 1.54) is 19.3 Å². The second-order valence-electron chi connectivity index (χ2n) is 7.35. The van der Waals surface area contributed by atoms with Crippen molar-refractivity contribution in [3.8, 4) is 29.1 Å². The summed E-state index contributed by atoms with van der Waals surface area (Å²) in [7, 11) is 1.42. The molecule has 0 bridgehead atoms. The fourth-order valence-corrected chi connectivity index (χ4v) is 3.37. The largest absolute Gasteiger partial charge is 0.493 e. The molecule has 0 atom stereocenters. The lowest BCUT2D eigenvalue weighted by atomic mass is 10.1. The maximum Gasteiger partial charge on any atom is 0.343 e. The molecule has 176 valence electrons. The molecule has 3 aromatic carbocycles. The monoisotopic (exact) mass is 490 g/mol. The van der Waals surface area contributed by atoms with Crippen LogP contribution in [0.3, 0.4) is 0 Å². The predicted molar refractivity (Wildman–Crippen MR) is 127 cm³/mol. The molecule has 1 aliphatic heterocycles. The highest BCUT2D eigenvalue weighted by Crippen LogP contribution is 2.32. The van der Waals surface area contributed by atoms with E-state index in [0.717, 1.165) is 5.56 Å². The third-order valence-corrected chi connectivity index (χ3v) is 5.29. The summed E-state index contributed by atoms with van der Waals surface area (Å²) in [6.45, 7) is 0.368. The van der Waals surface area contributed by atoms with Crippen molar-refractivity contribution >= 4 is 29.6 Å². The van der Waals surface area contributed by atoms with Crippen molar-refractivity contribution in [3.05, 3.63) is 87.9 Å². The smallest absolute Gasteiger partial charge is 0.343 e. The van der Waals surface area contributed by atoms with Crippen LogP contribution >= 0.6 is 11.6 Å². The number of amides is 1. The number of nitrogens with zero attached hydrogens (tertiary/aromatic N) is 1. The zero-order chi connectivity index (χ0) is 24.8. The Bertz CT molecular complexity index is 1340. The van der Waals surface area contributed by atoms with Gasteiger partial charge in [0.15, 0.2) is 23.0 Å². The van der Waals surface area contributed by atoms with Gasteiger partial charge in [0.2, 0.25) is 6.79 Å². The molecule has 1 amide bonds. The standard InChI is InChI=1S/C26H19ClN2O6/c1-32-23-11-16(2-9-22(23)35-26(31)18-4-6-20(27)7-5-18)10-19(13-28)25(30)29-14-17-3-8-21-24(12-17)34-15-33-21/h2-12H,14-15H2,1H3,(H,29,30). The Labute approximate surface area is 206 Å². The summed E-state index contributed by atoms with van der Waals surface area (Å²) in [5.41, 5.74) is 1.54. The number of carbonyl (C=O) groups excluding carboxylic acids is 2. The molecule has 3 aromatic rings. The molecule has 0 spiro atoms. The number of esters is 1. The minimum atomic E-state index is -0.580. The van der Waals surface area contributed by atoms with Crippen LogP contribution in [-0.2, 0) is 11.3 Å². The van der Waals surface area contributed by atoms with Crippen molar-refractivity contribution in [1.82, 2.24) is 5.32 Å². The van der Waals surface area contributed by atoms with Crippen molar-refractivity contribution in [2.45, 2.75) is 6.54 Å². The van der Waals surface area contributed by atoms with Crippen LogP contribution in [-0.4, -0.2) is 25.8 Å². The van der Waals surface area contributed by atoms with Gasteiger partial charge in [-0.1, -0.05) is 23.7 Å². The topological polar surface area (TPSA) is 107 Å². The molecular weight excluding hydrogens is 472 g/mol. The van der Waals surface area contributed by atoms with Crippen molar-refractivity contribution in [3.63, 3.8) is 0 Å². The number of methoxy groups -OCH3 is 1. The Morgan fingerprint density at radius 2 is 1.83 bits per heavy atom. The first-order valence-electron chi connectivity index (χ1n) is 10.4. The molecule has 35 heavy (non-hydrogen) atoms. The van der Waals surface area contributed by atoms with Gasteiger partial charge in [-0.15, -0.1) is 0 Å². The maximum absolute atomic E-state index is 12.6. The van der Waals surface area contributed by atoms with E-state index in [0.29, 0.717) is 27.6 Å². The van der Waals surface area contributed by atoms with E-state index in [4.69, 9.17) is 30.5 Å². The number of rotatable bonds is 7. The summed E-state index contributed by atoms with van der Waals surface area (Å²) in [6.07, 6.45) is 1.42. The van der Waals surface area contributed by atoms with Gasteiger partial charge in [0.25, 0.3) is 5.91 Å². The Hall–Kier alpha value is -4.48. The average molecular weight is 491 g/mol. The third kappa shape index (κ3) is 5.72. The summed E-state index contributed by atoms with van der Waals surface area (Å²) in [4.78, 5) is 25.0. The molecule has 0 saturated heterocycles. The van der Waals surface area contributed by atoms with E-state index in [2.05, 4.69) is 5.32 Å². The SMILES string of the molecule is COc1cc(C=C(C#N)C(=O)NCc2ccc3c(c2)OCO3)ccc1OC(=O)c1ccc(Cl)cc1. The van der Waals surface area contributed by atoms with E-state index in [1.807, 2.05) is 6.07 Å². The van der Waals surface area contributed by atoms with Gasteiger partial charge in [0.05, 0.1) is 12.7 Å². The molecule has 1 heterocycles. The molecule has 0 radical (unpaired) electrons.